The zero-order chi connectivity index (χ0) is 14.3. The van der Waals surface area contributed by atoms with Crippen molar-refractivity contribution in [2.75, 3.05) is 7.11 Å². The van der Waals surface area contributed by atoms with Crippen LogP contribution in [0.4, 0.5) is 0 Å². The van der Waals surface area contributed by atoms with Gasteiger partial charge in [-0.25, -0.2) is 4.79 Å². The number of aromatic nitrogens is 3. The number of pyridine rings is 1. The van der Waals surface area contributed by atoms with E-state index in [1.807, 2.05) is 11.4 Å². The lowest BCUT2D eigenvalue weighted by Gasteiger charge is -2.03. The molecular weight excluding hydrogens is 302 g/mol. The van der Waals surface area contributed by atoms with Crippen molar-refractivity contribution in [1.29, 1.82) is 0 Å². The Morgan fingerprint density at radius 3 is 3.00 bits per heavy atom. The Bertz CT molecular complexity index is 811. The minimum Gasteiger partial charge on any atom is -0.495 e. The fourth-order valence-electron chi connectivity index (χ4n) is 1.85. The molecule has 3 rings (SSSR count). The van der Waals surface area contributed by atoms with E-state index in [1.165, 1.54) is 23.6 Å². The van der Waals surface area contributed by atoms with Gasteiger partial charge in [0.2, 0.25) is 0 Å². The maximum atomic E-state index is 11.1. The van der Waals surface area contributed by atoms with Gasteiger partial charge in [0.1, 0.15) is 10.6 Å². The summed E-state index contributed by atoms with van der Waals surface area (Å²) in [6.07, 6.45) is 1.44. The number of rotatable bonds is 3. The molecule has 0 saturated carbocycles. The molecule has 0 unspecified atom stereocenters. The molecule has 1 N–H and O–H groups in total. The number of ether oxygens (including phenoxy) is 1. The van der Waals surface area contributed by atoms with Crippen LogP contribution in [-0.2, 0) is 0 Å². The highest BCUT2D eigenvalue weighted by Gasteiger charge is 2.18. The van der Waals surface area contributed by atoms with Crippen molar-refractivity contribution in [3.8, 4) is 16.5 Å². The van der Waals surface area contributed by atoms with Gasteiger partial charge in [-0.05, 0) is 17.5 Å². The maximum absolute atomic E-state index is 11.1. The van der Waals surface area contributed by atoms with Crippen LogP contribution in [0.25, 0.3) is 16.3 Å². The molecule has 0 aliphatic rings. The molecule has 0 aliphatic carbocycles. The van der Waals surface area contributed by atoms with E-state index in [9.17, 15) is 4.79 Å². The van der Waals surface area contributed by atoms with Crippen LogP contribution in [0.1, 0.15) is 10.4 Å². The smallest absolute Gasteiger partial charge is 0.337 e. The van der Waals surface area contributed by atoms with Crippen LogP contribution in [0, 0.1) is 0 Å². The normalized spacial score (nSPS) is 10.9. The highest BCUT2D eigenvalue weighted by atomic mass is 35.5. The van der Waals surface area contributed by atoms with Crippen molar-refractivity contribution in [2.24, 2.45) is 0 Å². The maximum Gasteiger partial charge on any atom is 0.337 e. The summed E-state index contributed by atoms with van der Waals surface area (Å²) in [5.74, 6) is 0.0876. The SMILES string of the molecule is COc1ccsc1-c1nnc2c(Cl)cc(C(=O)O)cn12. The number of hydrogen-bond acceptors (Lipinski definition) is 5. The van der Waals surface area contributed by atoms with Crippen LogP contribution in [0.2, 0.25) is 5.02 Å². The lowest BCUT2D eigenvalue weighted by Crippen LogP contribution is -2.00. The Labute approximate surface area is 122 Å². The lowest BCUT2D eigenvalue weighted by molar-refractivity contribution is 0.0696. The molecule has 3 heterocycles. The summed E-state index contributed by atoms with van der Waals surface area (Å²) in [5, 5.41) is 19.3. The van der Waals surface area contributed by atoms with Gasteiger partial charge in [0.15, 0.2) is 11.5 Å². The number of carbonyl (C=O) groups is 1. The van der Waals surface area contributed by atoms with Gasteiger partial charge in [-0.15, -0.1) is 21.5 Å². The van der Waals surface area contributed by atoms with Gasteiger partial charge in [-0.2, -0.15) is 0 Å². The van der Waals surface area contributed by atoms with Gasteiger partial charge in [0, 0.05) is 6.20 Å². The van der Waals surface area contributed by atoms with E-state index in [2.05, 4.69) is 10.2 Å². The number of nitrogens with zero attached hydrogens (tertiary/aromatic N) is 3. The highest BCUT2D eigenvalue weighted by molar-refractivity contribution is 7.13. The van der Waals surface area contributed by atoms with Crippen LogP contribution in [0.5, 0.6) is 5.75 Å². The third kappa shape index (κ3) is 1.91. The Hall–Kier alpha value is -2.12. The predicted molar refractivity (Wildman–Crippen MR) is 74.8 cm³/mol. The molecule has 102 valence electrons. The van der Waals surface area contributed by atoms with Crippen molar-refractivity contribution in [2.45, 2.75) is 0 Å². The van der Waals surface area contributed by atoms with E-state index >= 15 is 0 Å². The largest absolute Gasteiger partial charge is 0.495 e. The number of carboxylic acids is 1. The van der Waals surface area contributed by atoms with Crippen molar-refractivity contribution in [1.82, 2.24) is 14.6 Å². The molecule has 6 nitrogen and oxygen atoms in total. The molecule has 0 radical (unpaired) electrons. The highest BCUT2D eigenvalue weighted by Crippen LogP contribution is 2.35. The lowest BCUT2D eigenvalue weighted by atomic mass is 10.3. The zero-order valence-electron chi connectivity index (χ0n) is 10.2. The molecule has 0 saturated heterocycles. The molecule has 0 aliphatic heterocycles. The number of fused-ring (bicyclic) bond motifs is 1. The molecule has 0 fully saturated rings. The average Bonchev–Trinajstić information content (AvgIpc) is 3.03. The minimum atomic E-state index is -1.06. The number of carboxylic acid groups (broad SMARTS) is 1. The molecule has 0 aromatic carbocycles. The summed E-state index contributed by atoms with van der Waals surface area (Å²) in [6.45, 7) is 0. The monoisotopic (exact) mass is 309 g/mol. The standard InChI is InChI=1S/C12H8ClN3O3S/c1-19-8-2-3-20-9(8)11-15-14-10-7(13)4-6(12(17)18)5-16(10)11/h2-5H,1H3,(H,17,18). The van der Waals surface area contributed by atoms with E-state index in [0.717, 1.165) is 4.88 Å². The number of aromatic carboxylic acids is 1. The van der Waals surface area contributed by atoms with Crippen molar-refractivity contribution in [3.63, 3.8) is 0 Å². The van der Waals surface area contributed by atoms with Crippen LogP contribution < -0.4 is 4.74 Å². The van der Waals surface area contributed by atoms with E-state index in [4.69, 9.17) is 21.4 Å². The number of methoxy groups -OCH3 is 1. The zero-order valence-corrected chi connectivity index (χ0v) is 11.8. The summed E-state index contributed by atoms with van der Waals surface area (Å²) in [6, 6.07) is 3.16. The Morgan fingerprint density at radius 2 is 2.30 bits per heavy atom. The van der Waals surface area contributed by atoms with Crippen molar-refractivity contribution >= 4 is 34.6 Å². The quantitative estimate of drug-likeness (QED) is 0.805. The summed E-state index contributed by atoms with van der Waals surface area (Å²) < 4.78 is 6.80. The Morgan fingerprint density at radius 1 is 1.50 bits per heavy atom. The molecule has 20 heavy (non-hydrogen) atoms. The van der Waals surface area contributed by atoms with E-state index in [0.29, 0.717) is 17.2 Å². The first kappa shape index (κ1) is 12.9. The molecule has 3 aromatic heterocycles. The third-order valence-corrected chi connectivity index (χ3v) is 3.93. The first-order chi connectivity index (χ1) is 9.61. The summed E-state index contributed by atoms with van der Waals surface area (Å²) in [4.78, 5) is 11.9. The van der Waals surface area contributed by atoms with Crippen LogP contribution in [0.15, 0.2) is 23.7 Å². The fourth-order valence-corrected chi connectivity index (χ4v) is 2.93. The fraction of sp³-hybridized carbons (Fsp3) is 0.0833. The number of hydrogen-bond donors (Lipinski definition) is 1. The van der Waals surface area contributed by atoms with Gasteiger partial charge in [-0.1, -0.05) is 11.6 Å². The average molecular weight is 310 g/mol. The molecule has 0 spiro atoms. The molecular formula is C12H8ClN3O3S. The van der Waals surface area contributed by atoms with Gasteiger partial charge in [0.05, 0.1) is 17.7 Å². The molecule has 0 amide bonds. The van der Waals surface area contributed by atoms with E-state index in [1.54, 1.807) is 11.5 Å². The summed E-state index contributed by atoms with van der Waals surface area (Å²) >= 11 is 7.47. The topological polar surface area (TPSA) is 76.7 Å². The summed E-state index contributed by atoms with van der Waals surface area (Å²) in [7, 11) is 1.56. The Kier molecular flexibility index (Phi) is 3.07. The van der Waals surface area contributed by atoms with Gasteiger partial charge in [0.25, 0.3) is 0 Å². The Balaban J connectivity index is 2.30. The second-order valence-electron chi connectivity index (χ2n) is 3.92. The summed E-state index contributed by atoms with van der Waals surface area (Å²) in [5.41, 5.74) is 0.473. The number of halogens is 1. The van der Waals surface area contributed by atoms with Gasteiger partial charge in [-0.3, -0.25) is 4.40 Å². The second kappa shape index (κ2) is 4.77. The van der Waals surface area contributed by atoms with E-state index in [-0.39, 0.29) is 10.6 Å². The minimum absolute atomic E-state index is 0.0686. The molecule has 0 bridgehead atoms. The molecule has 0 atom stereocenters. The van der Waals surface area contributed by atoms with Gasteiger partial charge >= 0.3 is 5.97 Å². The second-order valence-corrected chi connectivity index (χ2v) is 5.24. The third-order valence-electron chi connectivity index (χ3n) is 2.76. The van der Waals surface area contributed by atoms with Crippen molar-refractivity contribution in [3.05, 3.63) is 34.3 Å². The molecule has 8 heteroatoms. The predicted octanol–water partition coefficient (Wildman–Crippen LogP) is 2.82. The van der Waals surface area contributed by atoms with E-state index < -0.39 is 5.97 Å². The first-order valence-corrected chi connectivity index (χ1v) is 6.77. The van der Waals surface area contributed by atoms with Crippen LogP contribution in [-0.4, -0.2) is 32.8 Å². The molecule has 3 aromatic rings. The number of thiophene rings is 1. The van der Waals surface area contributed by atoms with Crippen LogP contribution in [0.3, 0.4) is 0 Å². The first-order valence-electron chi connectivity index (χ1n) is 5.51. The van der Waals surface area contributed by atoms with Crippen molar-refractivity contribution < 1.29 is 14.6 Å². The van der Waals surface area contributed by atoms with Gasteiger partial charge < -0.3 is 9.84 Å². The van der Waals surface area contributed by atoms with Crippen LogP contribution >= 0.6 is 22.9 Å².